The van der Waals surface area contributed by atoms with E-state index in [1.807, 2.05) is 48.5 Å². The Morgan fingerprint density at radius 3 is 2.52 bits per heavy atom. The highest BCUT2D eigenvalue weighted by Gasteiger charge is 2.16. The Balaban J connectivity index is 1.95. The molecule has 21 heavy (non-hydrogen) atoms. The molecule has 0 aromatic heterocycles. The van der Waals surface area contributed by atoms with Gasteiger partial charge in [-0.2, -0.15) is 5.26 Å². The molecule has 0 radical (unpaired) electrons. The fourth-order valence-electron chi connectivity index (χ4n) is 1.77. The van der Waals surface area contributed by atoms with Gasteiger partial charge in [-0.3, -0.25) is 0 Å². The molecule has 0 fully saturated rings. The Labute approximate surface area is 131 Å². The zero-order valence-electron chi connectivity index (χ0n) is 11.1. The van der Waals surface area contributed by atoms with Gasteiger partial charge in [-0.15, -0.1) is 0 Å². The second kappa shape index (κ2) is 7.46. The van der Waals surface area contributed by atoms with E-state index < -0.39 is 12.1 Å². The van der Waals surface area contributed by atoms with Gasteiger partial charge < -0.3 is 10.1 Å². The molecule has 1 amide bonds. The number of nitrogens with zero attached hydrogens (tertiary/aromatic N) is 1. The lowest BCUT2D eigenvalue weighted by Crippen LogP contribution is -2.28. The molecule has 0 heterocycles. The van der Waals surface area contributed by atoms with Crippen LogP contribution in [0.2, 0.25) is 0 Å². The summed E-state index contributed by atoms with van der Waals surface area (Å²) in [5.41, 5.74) is 1.58. The van der Waals surface area contributed by atoms with Gasteiger partial charge in [-0.05, 0) is 11.6 Å². The summed E-state index contributed by atoms with van der Waals surface area (Å²) >= 11 is 3.36. The minimum Gasteiger partial charge on any atom is -0.445 e. The van der Waals surface area contributed by atoms with E-state index in [0.717, 1.165) is 10.0 Å². The quantitative estimate of drug-likeness (QED) is 0.913. The van der Waals surface area contributed by atoms with Crippen LogP contribution in [-0.2, 0) is 11.3 Å². The van der Waals surface area contributed by atoms with Crippen molar-refractivity contribution in [3.05, 3.63) is 70.2 Å². The Bertz CT molecular complexity index is 653. The number of alkyl carbamates (subject to hydrolysis) is 1. The molecule has 1 atom stereocenters. The molecule has 0 saturated heterocycles. The third kappa shape index (κ3) is 4.33. The van der Waals surface area contributed by atoms with Gasteiger partial charge in [0, 0.05) is 10.0 Å². The van der Waals surface area contributed by atoms with Crippen LogP contribution in [0.25, 0.3) is 0 Å². The van der Waals surface area contributed by atoms with E-state index >= 15 is 0 Å². The van der Waals surface area contributed by atoms with E-state index in [1.54, 1.807) is 12.1 Å². The van der Waals surface area contributed by atoms with E-state index in [1.165, 1.54) is 0 Å². The number of nitriles is 1. The standard InChI is InChI=1S/C16H13BrN2O2/c17-14-9-5-4-8-13(14)15(10-18)19-16(20)21-11-12-6-2-1-3-7-12/h1-9,15H,11H2,(H,19,20). The summed E-state index contributed by atoms with van der Waals surface area (Å²) in [5.74, 6) is 0. The largest absolute Gasteiger partial charge is 0.445 e. The van der Waals surface area contributed by atoms with Gasteiger partial charge in [-0.1, -0.05) is 64.5 Å². The SMILES string of the molecule is N#CC(NC(=O)OCc1ccccc1)c1ccccc1Br. The molecule has 0 saturated carbocycles. The summed E-state index contributed by atoms with van der Waals surface area (Å²) in [4.78, 5) is 11.8. The Morgan fingerprint density at radius 2 is 1.86 bits per heavy atom. The van der Waals surface area contributed by atoms with Crippen molar-refractivity contribution in [1.82, 2.24) is 5.32 Å². The number of rotatable bonds is 4. The number of benzene rings is 2. The smallest absolute Gasteiger partial charge is 0.408 e. The Kier molecular flexibility index (Phi) is 5.35. The normalized spacial score (nSPS) is 11.2. The molecule has 0 spiro atoms. The molecule has 106 valence electrons. The van der Waals surface area contributed by atoms with E-state index in [9.17, 15) is 10.1 Å². The van der Waals surface area contributed by atoms with Gasteiger partial charge in [0.25, 0.3) is 0 Å². The summed E-state index contributed by atoms with van der Waals surface area (Å²) in [5, 5.41) is 11.7. The number of amides is 1. The Hall–Kier alpha value is -2.32. The lowest BCUT2D eigenvalue weighted by atomic mass is 10.1. The maximum atomic E-state index is 11.8. The summed E-state index contributed by atoms with van der Waals surface area (Å²) in [7, 11) is 0. The zero-order valence-corrected chi connectivity index (χ0v) is 12.7. The topological polar surface area (TPSA) is 62.1 Å². The fourth-order valence-corrected chi connectivity index (χ4v) is 2.29. The third-order valence-corrected chi connectivity index (χ3v) is 3.54. The predicted molar refractivity (Wildman–Crippen MR) is 82.3 cm³/mol. The van der Waals surface area contributed by atoms with E-state index in [0.29, 0.717) is 5.56 Å². The number of nitrogens with one attached hydrogen (secondary N) is 1. The molecular formula is C16H13BrN2O2. The van der Waals surface area contributed by atoms with Crippen molar-refractivity contribution < 1.29 is 9.53 Å². The van der Waals surface area contributed by atoms with Crippen LogP contribution in [0.15, 0.2) is 59.1 Å². The predicted octanol–water partition coefficient (Wildman–Crippen LogP) is 3.94. The average molecular weight is 345 g/mol. The van der Waals surface area contributed by atoms with Crippen molar-refractivity contribution in [1.29, 1.82) is 5.26 Å². The first-order valence-corrected chi connectivity index (χ1v) is 7.11. The molecule has 1 N–H and O–H groups in total. The van der Waals surface area contributed by atoms with E-state index in [4.69, 9.17) is 4.74 Å². The fraction of sp³-hybridized carbons (Fsp3) is 0.125. The maximum absolute atomic E-state index is 11.8. The van der Waals surface area contributed by atoms with Crippen LogP contribution in [0.1, 0.15) is 17.2 Å². The molecular weight excluding hydrogens is 332 g/mol. The van der Waals surface area contributed by atoms with Crippen molar-refractivity contribution in [2.75, 3.05) is 0 Å². The molecule has 1 unspecified atom stereocenters. The maximum Gasteiger partial charge on any atom is 0.408 e. The van der Waals surface area contributed by atoms with Crippen LogP contribution in [-0.4, -0.2) is 6.09 Å². The van der Waals surface area contributed by atoms with Crippen LogP contribution >= 0.6 is 15.9 Å². The number of hydrogen-bond donors (Lipinski definition) is 1. The molecule has 0 bridgehead atoms. The van der Waals surface area contributed by atoms with Crippen molar-refractivity contribution in [2.24, 2.45) is 0 Å². The zero-order chi connectivity index (χ0) is 15.1. The van der Waals surface area contributed by atoms with Gasteiger partial charge in [0.1, 0.15) is 12.6 Å². The second-order valence-electron chi connectivity index (χ2n) is 4.29. The van der Waals surface area contributed by atoms with Crippen LogP contribution in [0.3, 0.4) is 0 Å². The minimum absolute atomic E-state index is 0.167. The van der Waals surface area contributed by atoms with Crippen LogP contribution in [0, 0.1) is 11.3 Å². The van der Waals surface area contributed by atoms with E-state index in [2.05, 4.69) is 21.2 Å². The third-order valence-electron chi connectivity index (χ3n) is 2.82. The van der Waals surface area contributed by atoms with Gasteiger partial charge in [0.2, 0.25) is 0 Å². The lowest BCUT2D eigenvalue weighted by Gasteiger charge is -2.13. The number of carbonyl (C=O) groups excluding carboxylic acids is 1. The molecule has 2 aromatic rings. The average Bonchev–Trinajstić information content (AvgIpc) is 2.52. The molecule has 0 aliphatic rings. The number of halogens is 1. The number of hydrogen-bond acceptors (Lipinski definition) is 3. The second-order valence-corrected chi connectivity index (χ2v) is 5.14. The first kappa shape index (κ1) is 15.1. The lowest BCUT2D eigenvalue weighted by molar-refractivity contribution is 0.137. The van der Waals surface area contributed by atoms with Gasteiger partial charge >= 0.3 is 6.09 Å². The van der Waals surface area contributed by atoms with Crippen molar-refractivity contribution in [3.63, 3.8) is 0 Å². The van der Waals surface area contributed by atoms with E-state index in [-0.39, 0.29) is 6.61 Å². The summed E-state index contributed by atoms with van der Waals surface area (Å²) < 4.78 is 5.87. The Morgan fingerprint density at radius 1 is 1.19 bits per heavy atom. The molecule has 5 heteroatoms. The summed E-state index contributed by atoms with van der Waals surface area (Å²) in [6, 6.07) is 17.9. The molecule has 0 aliphatic carbocycles. The molecule has 2 rings (SSSR count). The van der Waals surface area contributed by atoms with Gasteiger partial charge in [0.15, 0.2) is 0 Å². The van der Waals surface area contributed by atoms with Crippen molar-refractivity contribution >= 4 is 22.0 Å². The highest BCUT2D eigenvalue weighted by Crippen LogP contribution is 2.22. The van der Waals surface area contributed by atoms with Crippen LogP contribution in [0.4, 0.5) is 4.79 Å². The number of carbonyl (C=O) groups is 1. The number of ether oxygens (including phenoxy) is 1. The van der Waals surface area contributed by atoms with Crippen LogP contribution < -0.4 is 5.32 Å². The summed E-state index contributed by atoms with van der Waals surface area (Å²) in [6.45, 7) is 0.167. The van der Waals surface area contributed by atoms with Gasteiger partial charge in [0.05, 0.1) is 6.07 Å². The first-order valence-electron chi connectivity index (χ1n) is 6.32. The van der Waals surface area contributed by atoms with Crippen molar-refractivity contribution in [2.45, 2.75) is 12.6 Å². The minimum atomic E-state index is -0.760. The van der Waals surface area contributed by atoms with Crippen LogP contribution in [0.5, 0.6) is 0 Å². The molecule has 0 aliphatic heterocycles. The highest BCUT2D eigenvalue weighted by molar-refractivity contribution is 9.10. The van der Waals surface area contributed by atoms with Gasteiger partial charge in [-0.25, -0.2) is 4.79 Å². The highest BCUT2D eigenvalue weighted by atomic mass is 79.9. The molecule has 2 aromatic carbocycles. The molecule has 4 nitrogen and oxygen atoms in total. The first-order chi connectivity index (χ1) is 10.2. The summed E-state index contributed by atoms with van der Waals surface area (Å²) in [6.07, 6.45) is -0.624. The van der Waals surface area contributed by atoms with Crippen molar-refractivity contribution in [3.8, 4) is 6.07 Å². The monoisotopic (exact) mass is 344 g/mol.